The number of pyridine rings is 1. The van der Waals surface area contributed by atoms with Crippen molar-refractivity contribution in [3.63, 3.8) is 0 Å². The highest BCUT2D eigenvalue weighted by atomic mass is 19.1. The molecule has 2 heterocycles. The molecule has 2 N–H and O–H groups in total. The van der Waals surface area contributed by atoms with Crippen LogP contribution in [0.15, 0.2) is 42.5 Å². The Kier molecular flexibility index (Phi) is 5.50. The second kappa shape index (κ2) is 8.44. The van der Waals surface area contributed by atoms with Gasteiger partial charge in [-0.25, -0.2) is 9.37 Å². The number of hydrogen-bond donors (Lipinski definition) is 2. The van der Waals surface area contributed by atoms with Crippen molar-refractivity contribution in [3.05, 3.63) is 54.0 Å². The summed E-state index contributed by atoms with van der Waals surface area (Å²) >= 11 is 0. The van der Waals surface area contributed by atoms with E-state index in [1.807, 2.05) is 6.07 Å². The average Bonchev–Trinajstić information content (AvgIpc) is 2.77. The summed E-state index contributed by atoms with van der Waals surface area (Å²) in [5, 5.41) is 21.2. The minimum Gasteiger partial charge on any atom is -0.508 e. The van der Waals surface area contributed by atoms with Crippen molar-refractivity contribution in [1.82, 2.24) is 4.98 Å². The Hall–Kier alpha value is -2.70. The van der Waals surface area contributed by atoms with Gasteiger partial charge >= 0.3 is 0 Å². The van der Waals surface area contributed by atoms with Crippen LogP contribution in [0.4, 0.5) is 4.39 Å². The van der Waals surface area contributed by atoms with Gasteiger partial charge in [-0.15, -0.1) is 0 Å². The third kappa shape index (κ3) is 3.98. The summed E-state index contributed by atoms with van der Waals surface area (Å²) in [6.07, 6.45) is 3.32. The second-order valence-electron chi connectivity index (χ2n) is 8.56. The summed E-state index contributed by atoms with van der Waals surface area (Å²) in [5.74, 6) is 0.859. The Morgan fingerprint density at radius 2 is 1.77 bits per heavy atom. The molecule has 1 aromatic heterocycles. The Labute approximate surface area is 180 Å². The van der Waals surface area contributed by atoms with Crippen molar-refractivity contribution >= 4 is 10.8 Å². The zero-order chi connectivity index (χ0) is 21.4. The van der Waals surface area contributed by atoms with E-state index in [9.17, 15) is 14.6 Å². The minimum absolute atomic E-state index is 0.00871. The Balaban J connectivity index is 1.67. The first-order chi connectivity index (χ1) is 15.1. The van der Waals surface area contributed by atoms with Gasteiger partial charge in [0.1, 0.15) is 17.7 Å². The van der Waals surface area contributed by atoms with Crippen LogP contribution in [0.5, 0.6) is 11.6 Å². The lowest BCUT2D eigenvalue weighted by molar-refractivity contribution is 0.0303. The van der Waals surface area contributed by atoms with Gasteiger partial charge in [-0.05, 0) is 72.9 Å². The highest BCUT2D eigenvalue weighted by Gasteiger charge is 2.32. The van der Waals surface area contributed by atoms with E-state index in [-0.39, 0.29) is 36.1 Å². The summed E-state index contributed by atoms with van der Waals surface area (Å²) in [7, 11) is 0. The number of fused-ring (bicyclic) bond motifs is 1. The van der Waals surface area contributed by atoms with Crippen LogP contribution < -0.4 is 4.74 Å². The summed E-state index contributed by atoms with van der Waals surface area (Å²) in [5.41, 5.74) is 2.78. The first-order valence-electron chi connectivity index (χ1n) is 10.9. The maximum atomic E-state index is 13.6. The Bertz CT molecular complexity index is 1070. The van der Waals surface area contributed by atoms with E-state index in [2.05, 4.69) is 0 Å². The molecule has 6 heteroatoms. The standard InChI is InChI=1S/C25H26FNO4/c26-18-3-1-16(2-4-18)23-21-6-5-19(29)13-22(21)25(31-20-11-15(12-20)14-28)27-24(23)17-7-9-30-10-8-17/h1-6,13,15,17,20,28-29H,7-12,14H2. The van der Waals surface area contributed by atoms with E-state index in [4.69, 9.17) is 14.5 Å². The number of ether oxygens (including phenoxy) is 2. The largest absolute Gasteiger partial charge is 0.508 e. The molecule has 0 atom stereocenters. The summed E-state index contributed by atoms with van der Waals surface area (Å²) in [6.45, 7) is 1.53. The van der Waals surface area contributed by atoms with Gasteiger partial charge in [0.2, 0.25) is 5.88 Å². The number of aromatic hydroxyl groups is 1. The van der Waals surface area contributed by atoms with Crippen LogP contribution in [0.3, 0.4) is 0 Å². The smallest absolute Gasteiger partial charge is 0.222 e. The molecule has 5 rings (SSSR count). The summed E-state index contributed by atoms with van der Waals surface area (Å²) in [6, 6.07) is 11.7. The molecular weight excluding hydrogens is 397 g/mol. The highest BCUT2D eigenvalue weighted by Crippen LogP contribution is 2.43. The van der Waals surface area contributed by atoms with Gasteiger partial charge in [0.05, 0.1) is 5.69 Å². The molecule has 1 aliphatic carbocycles. The van der Waals surface area contributed by atoms with E-state index >= 15 is 0 Å². The molecule has 2 fully saturated rings. The molecule has 0 unspecified atom stereocenters. The zero-order valence-electron chi connectivity index (χ0n) is 17.3. The third-order valence-electron chi connectivity index (χ3n) is 6.45. The lowest BCUT2D eigenvalue weighted by Crippen LogP contribution is -2.36. The number of phenolic OH excluding ortho intramolecular Hbond substituents is 1. The number of aliphatic hydroxyl groups is 1. The van der Waals surface area contributed by atoms with Crippen LogP contribution in [-0.4, -0.2) is 41.1 Å². The maximum Gasteiger partial charge on any atom is 0.222 e. The molecule has 3 aromatic rings. The van der Waals surface area contributed by atoms with Crippen molar-refractivity contribution in [1.29, 1.82) is 0 Å². The van der Waals surface area contributed by atoms with Gasteiger partial charge in [0.25, 0.3) is 0 Å². The van der Waals surface area contributed by atoms with E-state index in [1.165, 1.54) is 12.1 Å². The van der Waals surface area contributed by atoms with Crippen molar-refractivity contribution < 1.29 is 24.1 Å². The predicted octanol–water partition coefficient (Wildman–Crippen LogP) is 4.79. The molecular formula is C25H26FNO4. The number of benzene rings is 2. The Morgan fingerprint density at radius 1 is 1.03 bits per heavy atom. The van der Waals surface area contributed by atoms with E-state index < -0.39 is 0 Å². The Morgan fingerprint density at radius 3 is 2.48 bits per heavy atom. The van der Waals surface area contributed by atoms with Crippen molar-refractivity contribution in [3.8, 4) is 22.8 Å². The number of rotatable bonds is 5. The fraction of sp³-hybridized carbons (Fsp3) is 0.400. The molecule has 31 heavy (non-hydrogen) atoms. The number of nitrogens with zero attached hydrogens (tertiary/aromatic N) is 1. The normalized spacial score (nSPS) is 21.7. The molecule has 2 aliphatic rings. The number of halogens is 1. The lowest BCUT2D eigenvalue weighted by Gasteiger charge is -2.34. The maximum absolute atomic E-state index is 13.6. The quantitative estimate of drug-likeness (QED) is 0.617. The zero-order valence-corrected chi connectivity index (χ0v) is 17.3. The predicted molar refractivity (Wildman–Crippen MR) is 116 cm³/mol. The summed E-state index contributed by atoms with van der Waals surface area (Å²) in [4.78, 5) is 4.99. The van der Waals surface area contributed by atoms with E-state index in [0.717, 1.165) is 53.3 Å². The van der Waals surface area contributed by atoms with Crippen LogP contribution in [-0.2, 0) is 4.74 Å². The molecule has 5 nitrogen and oxygen atoms in total. The second-order valence-corrected chi connectivity index (χ2v) is 8.56. The van der Waals surface area contributed by atoms with Gasteiger partial charge in [-0.2, -0.15) is 0 Å². The lowest BCUT2D eigenvalue weighted by atomic mass is 9.83. The van der Waals surface area contributed by atoms with E-state index in [0.29, 0.717) is 19.1 Å². The SMILES string of the molecule is OCC1CC(Oc2nc(C3CCOCC3)c(-c3ccc(F)cc3)c3ccc(O)cc23)C1. The van der Waals surface area contributed by atoms with Gasteiger partial charge in [-0.3, -0.25) is 0 Å². The van der Waals surface area contributed by atoms with Crippen LogP contribution in [0.2, 0.25) is 0 Å². The van der Waals surface area contributed by atoms with Gasteiger partial charge in [0.15, 0.2) is 0 Å². The molecule has 1 saturated heterocycles. The summed E-state index contributed by atoms with van der Waals surface area (Å²) < 4.78 is 25.5. The van der Waals surface area contributed by atoms with Crippen LogP contribution >= 0.6 is 0 Å². The number of aliphatic hydroxyl groups excluding tert-OH is 1. The van der Waals surface area contributed by atoms with Crippen LogP contribution in [0, 0.1) is 11.7 Å². The topological polar surface area (TPSA) is 71.8 Å². The van der Waals surface area contributed by atoms with Crippen molar-refractivity contribution in [2.75, 3.05) is 19.8 Å². The first kappa shape index (κ1) is 20.2. The van der Waals surface area contributed by atoms with Gasteiger partial charge < -0.3 is 19.7 Å². The molecule has 0 amide bonds. The molecule has 1 saturated carbocycles. The van der Waals surface area contributed by atoms with Crippen molar-refractivity contribution in [2.24, 2.45) is 5.92 Å². The molecule has 2 aromatic carbocycles. The van der Waals surface area contributed by atoms with Gasteiger partial charge in [-0.1, -0.05) is 12.1 Å². The number of aromatic nitrogens is 1. The molecule has 162 valence electrons. The third-order valence-corrected chi connectivity index (χ3v) is 6.45. The van der Waals surface area contributed by atoms with Crippen molar-refractivity contribution in [2.45, 2.75) is 37.7 Å². The number of phenols is 1. The number of hydrogen-bond acceptors (Lipinski definition) is 5. The molecule has 0 radical (unpaired) electrons. The fourth-order valence-corrected chi connectivity index (χ4v) is 4.64. The fourth-order valence-electron chi connectivity index (χ4n) is 4.64. The molecule has 1 aliphatic heterocycles. The van der Waals surface area contributed by atoms with Crippen LogP contribution in [0.25, 0.3) is 21.9 Å². The average molecular weight is 423 g/mol. The van der Waals surface area contributed by atoms with E-state index in [1.54, 1.807) is 24.3 Å². The highest BCUT2D eigenvalue weighted by molar-refractivity contribution is 6.01. The minimum atomic E-state index is -0.283. The monoisotopic (exact) mass is 423 g/mol. The molecule has 0 spiro atoms. The first-order valence-corrected chi connectivity index (χ1v) is 10.9. The molecule has 0 bridgehead atoms. The van der Waals surface area contributed by atoms with Crippen LogP contribution in [0.1, 0.15) is 37.3 Å². The van der Waals surface area contributed by atoms with Gasteiger partial charge in [0, 0.05) is 36.7 Å².